The molecule has 0 aliphatic rings. The first-order valence-electron chi connectivity index (χ1n) is 18.7. The second-order valence-corrected chi connectivity index (χ2v) is 14.5. The second-order valence-electron chi connectivity index (χ2n) is 14.5. The molecule has 0 aliphatic carbocycles. The van der Waals surface area contributed by atoms with Crippen LogP contribution in [0.4, 0.5) is 0 Å². The van der Waals surface area contributed by atoms with Gasteiger partial charge < -0.3 is 9.13 Å². The van der Waals surface area contributed by atoms with Crippen LogP contribution in [0.2, 0.25) is 0 Å². The Kier molecular flexibility index (Phi) is 6.09. The molecule has 0 aliphatic heterocycles. The van der Waals surface area contributed by atoms with Gasteiger partial charge in [0.15, 0.2) is 0 Å². The van der Waals surface area contributed by atoms with Crippen LogP contribution in [0.5, 0.6) is 0 Å². The molecule has 54 heavy (non-hydrogen) atoms. The number of hydrogen-bond donors (Lipinski definition) is 0. The van der Waals surface area contributed by atoms with Crippen LogP contribution in [0.1, 0.15) is 0 Å². The highest BCUT2D eigenvalue weighted by Gasteiger charge is 2.19. The summed E-state index contributed by atoms with van der Waals surface area (Å²) in [5.74, 6) is 0. The largest absolute Gasteiger partial charge is 0.309 e. The van der Waals surface area contributed by atoms with Crippen molar-refractivity contribution in [3.05, 3.63) is 194 Å². The number of rotatable bonds is 3. The van der Waals surface area contributed by atoms with E-state index in [0.717, 1.165) is 0 Å². The standard InChI is InChI=1S/C52H32N2/c1-2-13-34-30-37(27-24-33(34)12-1)53-47-21-9-7-17-41(47)45-31-35(25-28-49(45)53)36-26-29-50-46(32-36)42-18-8-10-22-48(42)54(50)51-23-11-20-44-40-15-4-3-14-38(40)39-16-5-6-19-43(39)52(44)51/h1-32H. The number of fused-ring (bicyclic) bond motifs is 13. The van der Waals surface area contributed by atoms with Gasteiger partial charge in [0.1, 0.15) is 0 Å². The van der Waals surface area contributed by atoms with Gasteiger partial charge in [-0.05, 0) is 103 Å². The molecule has 2 heterocycles. The van der Waals surface area contributed by atoms with E-state index >= 15 is 0 Å². The molecule has 2 heteroatoms. The lowest BCUT2D eigenvalue weighted by Gasteiger charge is -2.16. The fraction of sp³-hybridized carbons (Fsp3) is 0. The minimum Gasteiger partial charge on any atom is -0.309 e. The first-order valence-corrected chi connectivity index (χ1v) is 18.7. The summed E-state index contributed by atoms with van der Waals surface area (Å²) >= 11 is 0. The lowest BCUT2D eigenvalue weighted by Crippen LogP contribution is -1.96. The molecule has 2 nitrogen and oxygen atoms in total. The zero-order chi connectivity index (χ0) is 35.3. The van der Waals surface area contributed by atoms with Crippen LogP contribution in [0.3, 0.4) is 0 Å². The van der Waals surface area contributed by atoms with Crippen molar-refractivity contribution in [2.24, 2.45) is 0 Å². The number of benzene rings is 10. The van der Waals surface area contributed by atoms with Gasteiger partial charge >= 0.3 is 0 Å². The Morgan fingerprint density at radius 3 is 1.37 bits per heavy atom. The third-order valence-corrected chi connectivity index (χ3v) is 11.7. The molecule has 12 rings (SSSR count). The van der Waals surface area contributed by atoms with E-state index in [1.807, 2.05) is 0 Å². The summed E-state index contributed by atoms with van der Waals surface area (Å²) in [4.78, 5) is 0. The van der Waals surface area contributed by atoms with Crippen molar-refractivity contribution in [3.8, 4) is 22.5 Å². The summed E-state index contributed by atoms with van der Waals surface area (Å²) in [5.41, 5.74) is 9.65. The van der Waals surface area contributed by atoms with Crippen LogP contribution in [0, 0.1) is 0 Å². The predicted molar refractivity (Wildman–Crippen MR) is 231 cm³/mol. The fourth-order valence-electron chi connectivity index (χ4n) is 9.28. The van der Waals surface area contributed by atoms with E-state index in [1.165, 1.54) is 109 Å². The maximum absolute atomic E-state index is 2.48. The smallest absolute Gasteiger partial charge is 0.0547 e. The molecule has 0 spiro atoms. The lowest BCUT2D eigenvalue weighted by atomic mass is 9.93. The Bertz CT molecular complexity index is 3460. The van der Waals surface area contributed by atoms with E-state index in [2.05, 4.69) is 203 Å². The highest BCUT2D eigenvalue weighted by atomic mass is 15.0. The maximum atomic E-state index is 2.48. The number of para-hydroxylation sites is 2. The zero-order valence-electron chi connectivity index (χ0n) is 29.4. The monoisotopic (exact) mass is 684 g/mol. The molecule has 0 atom stereocenters. The molecule has 0 bridgehead atoms. The van der Waals surface area contributed by atoms with Crippen molar-refractivity contribution in [3.63, 3.8) is 0 Å². The zero-order valence-corrected chi connectivity index (χ0v) is 29.4. The van der Waals surface area contributed by atoms with Crippen LogP contribution in [0.15, 0.2) is 194 Å². The van der Waals surface area contributed by atoms with E-state index in [4.69, 9.17) is 0 Å². The second kappa shape index (κ2) is 11.2. The lowest BCUT2D eigenvalue weighted by molar-refractivity contribution is 1.19. The number of hydrogen-bond acceptors (Lipinski definition) is 0. The summed E-state index contributed by atoms with van der Waals surface area (Å²) in [7, 11) is 0. The van der Waals surface area contributed by atoms with Crippen molar-refractivity contribution < 1.29 is 0 Å². The first kappa shape index (κ1) is 29.4. The predicted octanol–water partition coefficient (Wildman–Crippen LogP) is 14.2. The highest BCUT2D eigenvalue weighted by Crippen LogP contribution is 2.42. The molecular formula is C52H32N2. The summed E-state index contributed by atoms with van der Waals surface area (Å²) in [6.45, 7) is 0. The van der Waals surface area contributed by atoms with Gasteiger partial charge in [0, 0.05) is 32.6 Å². The normalized spacial score (nSPS) is 12.1. The molecule has 12 aromatic rings. The van der Waals surface area contributed by atoms with Gasteiger partial charge in [-0.15, -0.1) is 0 Å². The van der Waals surface area contributed by atoms with Crippen LogP contribution in [-0.4, -0.2) is 9.13 Å². The Balaban J connectivity index is 1.08. The maximum Gasteiger partial charge on any atom is 0.0547 e. The molecule has 0 N–H and O–H groups in total. The van der Waals surface area contributed by atoms with Gasteiger partial charge in [-0.1, -0.05) is 140 Å². The van der Waals surface area contributed by atoms with E-state index in [0.29, 0.717) is 0 Å². The van der Waals surface area contributed by atoms with Crippen molar-refractivity contribution in [2.45, 2.75) is 0 Å². The average Bonchev–Trinajstić information content (AvgIpc) is 3.75. The van der Waals surface area contributed by atoms with Crippen molar-refractivity contribution in [1.82, 2.24) is 9.13 Å². The third-order valence-electron chi connectivity index (χ3n) is 11.7. The molecule has 10 aromatic carbocycles. The summed E-state index contributed by atoms with van der Waals surface area (Å²) in [6.07, 6.45) is 0. The van der Waals surface area contributed by atoms with E-state index in [9.17, 15) is 0 Å². The van der Waals surface area contributed by atoms with Gasteiger partial charge in [0.25, 0.3) is 0 Å². The summed E-state index contributed by atoms with van der Waals surface area (Å²) in [5, 5.41) is 15.2. The molecule has 0 unspecified atom stereocenters. The van der Waals surface area contributed by atoms with Crippen LogP contribution >= 0.6 is 0 Å². The Morgan fingerprint density at radius 2 is 0.722 bits per heavy atom. The van der Waals surface area contributed by atoms with Gasteiger partial charge in [0.05, 0.1) is 27.8 Å². The van der Waals surface area contributed by atoms with Gasteiger partial charge in [-0.3, -0.25) is 0 Å². The molecule has 0 amide bonds. The van der Waals surface area contributed by atoms with Crippen LogP contribution in [-0.2, 0) is 0 Å². The number of nitrogens with zero attached hydrogens (tertiary/aromatic N) is 2. The molecule has 250 valence electrons. The average molecular weight is 685 g/mol. The van der Waals surface area contributed by atoms with Gasteiger partial charge in [-0.2, -0.15) is 0 Å². The van der Waals surface area contributed by atoms with Crippen molar-refractivity contribution >= 4 is 86.7 Å². The Morgan fingerprint density at radius 1 is 0.259 bits per heavy atom. The van der Waals surface area contributed by atoms with Crippen molar-refractivity contribution in [1.29, 1.82) is 0 Å². The Labute approximate surface area is 311 Å². The highest BCUT2D eigenvalue weighted by molar-refractivity contribution is 6.28. The van der Waals surface area contributed by atoms with Gasteiger partial charge in [0.2, 0.25) is 0 Å². The third kappa shape index (κ3) is 4.11. The molecule has 0 saturated carbocycles. The van der Waals surface area contributed by atoms with Crippen LogP contribution < -0.4 is 0 Å². The molecule has 0 fully saturated rings. The molecule has 0 saturated heterocycles. The minimum atomic E-state index is 1.18. The summed E-state index contributed by atoms with van der Waals surface area (Å²) in [6, 6.07) is 71.6. The molecular weight excluding hydrogens is 653 g/mol. The molecule has 0 radical (unpaired) electrons. The Hall–Kier alpha value is -7.16. The SMILES string of the molecule is c1ccc2cc(-n3c4ccccc4c4cc(-c5ccc6c(c5)c5ccccc5n6-c5cccc6c7ccccc7c7ccccc7c56)ccc43)ccc2c1. The minimum absolute atomic E-state index is 1.18. The molecule has 2 aromatic heterocycles. The first-order chi connectivity index (χ1) is 26.8. The fourth-order valence-corrected chi connectivity index (χ4v) is 9.28. The van der Waals surface area contributed by atoms with E-state index in [-0.39, 0.29) is 0 Å². The van der Waals surface area contributed by atoms with E-state index in [1.54, 1.807) is 0 Å². The quantitative estimate of drug-likeness (QED) is 0.164. The summed E-state index contributed by atoms with van der Waals surface area (Å²) < 4.78 is 4.90. The number of aromatic nitrogens is 2. The van der Waals surface area contributed by atoms with Gasteiger partial charge in [-0.25, -0.2) is 0 Å². The van der Waals surface area contributed by atoms with E-state index < -0.39 is 0 Å². The van der Waals surface area contributed by atoms with Crippen LogP contribution in [0.25, 0.3) is 109 Å². The van der Waals surface area contributed by atoms with Crippen molar-refractivity contribution in [2.75, 3.05) is 0 Å². The topological polar surface area (TPSA) is 9.86 Å².